The van der Waals surface area contributed by atoms with Crippen LogP contribution in [0.1, 0.15) is 43.9 Å². The van der Waals surface area contributed by atoms with Crippen molar-refractivity contribution in [1.82, 2.24) is 25.2 Å². The van der Waals surface area contributed by atoms with Gasteiger partial charge in [-0.1, -0.05) is 6.07 Å². The molecule has 0 saturated carbocycles. The highest BCUT2D eigenvalue weighted by molar-refractivity contribution is 5.76. The zero-order chi connectivity index (χ0) is 25.8. The lowest BCUT2D eigenvalue weighted by molar-refractivity contribution is -0.138. The summed E-state index contributed by atoms with van der Waals surface area (Å²) in [5.74, 6) is 0.376. The number of carboxylic acid groups (broad SMARTS) is 1. The highest BCUT2D eigenvalue weighted by Crippen LogP contribution is 2.20. The Hall–Kier alpha value is -3.47. The van der Waals surface area contributed by atoms with Crippen LogP contribution in [-0.2, 0) is 22.4 Å². The molecular formula is C25H37N7O4. The molecule has 0 saturated heterocycles. The molecule has 0 radical (unpaired) electrons. The van der Waals surface area contributed by atoms with Crippen LogP contribution in [0, 0.1) is 0 Å². The van der Waals surface area contributed by atoms with Gasteiger partial charge in [-0.25, -0.2) is 14.8 Å². The molecule has 1 aliphatic rings. The molecule has 0 fully saturated rings. The molecule has 2 aromatic heterocycles. The number of pyridine rings is 1. The molecule has 3 heterocycles. The summed E-state index contributed by atoms with van der Waals surface area (Å²) < 4.78 is 5.01. The summed E-state index contributed by atoms with van der Waals surface area (Å²) in [4.78, 5) is 38.2. The third kappa shape index (κ3) is 8.95. The summed E-state index contributed by atoms with van der Waals surface area (Å²) in [7, 11) is 1.46. The first-order valence-corrected chi connectivity index (χ1v) is 12.5. The van der Waals surface area contributed by atoms with Crippen LogP contribution in [0.2, 0.25) is 0 Å². The van der Waals surface area contributed by atoms with Gasteiger partial charge in [0, 0.05) is 45.0 Å². The maximum atomic E-state index is 11.9. The van der Waals surface area contributed by atoms with Crippen LogP contribution >= 0.6 is 0 Å². The third-order valence-electron chi connectivity index (χ3n) is 6.08. The summed E-state index contributed by atoms with van der Waals surface area (Å²) >= 11 is 0. The molecule has 4 N–H and O–H groups in total. The molecule has 0 unspecified atom stereocenters. The van der Waals surface area contributed by atoms with E-state index in [0.29, 0.717) is 31.9 Å². The first-order chi connectivity index (χ1) is 17.4. The first-order valence-electron chi connectivity index (χ1n) is 12.5. The monoisotopic (exact) mass is 499 g/mol. The van der Waals surface area contributed by atoms with Crippen molar-refractivity contribution in [1.29, 1.82) is 0 Å². The van der Waals surface area contributed by atoms with Gasteiger partial charge in [0.15, 0.2) is 0 Å². The van der Waals surface area contributed by atoms with E-state index in [4.69, 9.17) is 9.72 Å². The van der Waals surface area contributed by atoms with Crippen LogP contribution in [0.4, 0.5) is 11.6 Å². The van der Waals surface area contributed by atoms with Gasteiger partial charge in [-0.15, -0.1) is 0 Å². The lowest BCUT2D eigenvalue weighted by atomic mass is 10.1. The largest absolute Gasteiger partial charge is 0.480 e. The second-order valence-electron chi connectivity index (χ2n) is 8.87. The summed E-state index contributed by atoms with van der Waals surface area (Å²) in [5.41, 5.74) is 2.37. The van der Waals surface area contributed by atoms with Crippen molar-refractivity contribution in [2.75, 3.05) is 50.5 Å². The van der Waals surface area contributed by atoms with Crippen LogP contribution in [0.5, 0.6) is 6.01 Å². The Morgan fingerprint density at radius 1 is 1.19 bits per heavy atom. The molecule has 0 spiro atoms. The average molecular weight is 500 g/mol. The van der Waals surface area contributed by atoms with Gasteiger partial charge in [0.25, 0.3) is 0 Å². The quantitative estimate of drug-likeness (QED) is 0.269. The summed E-state index contributed by atoms with van der Waals surface area (Å²) in [6.07, 6.45) is 6.93. The molecule has 11 nitrogen and oxygen atoms in total. The number of carbonyl (C=O) groups excluding carboxylic acids is 1. The number of rotatable bonds is 15. The fraction of sp³-hybridized carbons (Fsp3) is 0.560. The minimum atomic E-state index is -0.957. The first kappa shape index (κ1) is 27.1. The van der Waals surface area contributed by atoms with Crippen molar-refractivity contribution in [3.05, 3.63) is 35.7 Å². The highest BCUT2D eigenvalue weighted by atomic mass is 16.5. The Kier molecular flexibility index (Phi) is 10.7. The van der Waals surface area contributed by atoms with Crippen LogP contribution < -0.4 is 20.7 Å². The fourth-order valence-corrected chi connectivity index (χ4v) is 4.14. The normalized spacial score (nSPS) is 13.4. The minimum Gasteiger partial charge on any atom is -0.480 e. The number of fused-ring (bicyclic) bond motifs is 1. The third-order valence-corrected chi connectivity index (χ3v) is 6.08. The van der Waals surface area contributed by atoms with E-state index >= 15 is 0 Å². The molecule has 3 rings (SSSR count). The number of carboxylic acids is 1. The molecule has 196 valence electrons. The van der Waals surface area contributed by atoms with Crippen LogP contribution in [0.3, 0.4) is 0 Å². The molecule has 0 bridgehead atoms. The number of hydrogen-bond acceptors (Lipinski definition) is 9. The van der Waals surface area contributed by atoms with E-state index in [9.17, 15) is 14.7 Å². The summed E-state index contributed by atoms with van der Waals surface area (Å²) in [6.45, 7) is 4.99. The molecule has 0 aliphatic carbocycles. The van der Waals surface area contributed by atoms with E-state index in [1.807, 2.05) is 0 Å². The van der Waals surface area contributed by atoms with Crippen molar-refractivity contribution in [3.8, 4) is 6.01 Å². The number of nitrogens with one attached hydrogen (secondary N) is 3. The van der Waals surface area contributed by atoms with Gasteiger partial charge in [0.2, 0.25) is 5.91 Å². The predicted molar refractivity (Wildman–Crippen MR) is 137 cm³/mol. The molecule has 11 heteroatoms. The number of amides is 1. The van der Waals surface area contributed by atoms with Gasteiger partial charge in [-0.3, -0.25) is 4.79 Å². The summed E-state index contributed by atoms with van der Waals surface area (Å²) in [6, 6.07) is 5.25. The van der Waals surface area contributed by atoms with E-state index in [0.717, 1.165) is 56.7 Å². The molecule has 1 amide bonds. The maximum absolute atomic E-state index is 11.9. The lowest BCUT2D eigenvalue weighted by Gasteiger charge is -2.24. The molecular weight excluding hydrogens is 462 g/mol. The number of aromatic nitrogens is 3. The van der Waals surface area contributed by atoms with Crippen molar-refractivity contribution < 1.29 is 19.4 Å². The standard InChI is InChI=1S/C25H37N7O4/c1-18(33)26-14-17-32(15-4-3-7-20-9-8-19-6-5-12-27-23(19)29-20)16-11-21(24(34)35)30-22-10-13-28-25(31-22)36-2/h8-10,13,21H,3-7,11-12,14-17H2,1-2H3,(H,26,33)(H,27,29)(H,34,35)(H,28,30,31)/t21-/m0/s1. The van der Waals surface area contributed by atoms with Crippen molar-refractivity contribution in [3.63, 3.8) is 0 Å². The second kappa shape index (κ2) is 14.2. The van der Waals surface area contributed by atoms with Gasteiger partial charge in [0.1, 0.15) is 17.7 Å². The number of unbranched alkanes of at least 4 members (excludes halogenated alkanes) is 1. The number of methoxy groups -OCH3 is 1. The zero-order valence-electron chi connectivity index (χ0n) is 21.1. The van der Waals surface area contributed by atoms with E-state index in [-0.39, 0.29) is 11.9 Å². The van der Waals surface area contributed by atoms with Gasteiger partial charge in [-0.05, 0) is 62.8 Å². The van der Waals surface area contributed by atoms with E-state index < -0.39 is 12.0 Å². The molecule has 1 aliphatic heterocycles. The molecule has 0 aromatic carbocycles. The fourth-order valence-electron chi connectivity index (χ4n) is 4.14. The molecule has 1 atom stereocenters. The van der Waals surface area contributed by atoms with E-state index in [1.165, 1.54) is 25.8 Å². The summed E-state index contributed by atoms with van der Waals surface area (Å²) in [5, 5.41) is 18.9. The highest BCUT2D eigenvalue weighted by Gasteiger charge is 2.20. The van der Waals surface area contributed by atoms with Crippen LogP contribution in [0.25, 0.3) is 0 Å². The van der Waals surface area contributed by atoms with Gasteiger partial charge in [-0.2, -0.15) is 4.98 Å². The Morgan fingerprint density at radius 2 is 2.06 bits per heavy atom. The number of nitrogens with zero attached hydrogens (tertiary/aromatic N) is 4. The van der Waals surface area contributed by atoms with Gasteiger partial charge < -0.3 is 30.7 Å². The minimum absolute atomic E-state index is 0.0789. The van der Waals surface area contributed by atoms with Crippen LogP contribution in [-0.4, -0.2) is 82.7 Å². The number of anilines is 2. The smallest absolute Gasteiger partial charge is 0.326 e. The van der Waals surface area contributed by atoms with Gasteiger partial charge in [0.05, 0.1) is 7.11 Å². The Morgan fingerprint density at radius 3 is 2.83 bits per heavy atom. The van der Waals surface area contributed by atoms with E-state index in [1.54, 1.807) is 6.07 Å². The molecule has 36 heavy (non-hydrogen) atoms. The van der Waals surface area contributed by atoms with Crippen molar-refractivity contribution in [2.45, 2.75) is 51.5 Å². The number of ether oxygens (including phenoxy) is 1. The lowest BCUT2D eigenvalue weighted by Crippen LogP contribution is -2.39. The second-order valence-corrected chi connectivity index (χ2v) is 8.87. The number of aryl methyl sites for hydroxylation is 2. The Bertz CT molecular complexity index is 1000. The topological polar surface area (TPSA) is 142 Å². The predicted octanol–water partition coefficient (Wildman–Crippen LogP) is 1.95. The van der Waals surface area contributed by atoms with Gasteiger partial charge >= 0.3 is 12.0 Å². The number of hydrogen-bond donors (Lipinski definition) is 4. The maximum Gasteiger partial charge on any atom is 0.326 e. The Labute approximate surface area is 212 Å². The van der Waals surface area contributed by atoms with Crippen molar-refractivity contribution >= 4 is 23.5 Å². The molecule has 2 aromatic rings. The zero-order valence-corrected chi connectivity index (χ0v) is 21.1. The number of carbonyl (C=O) groups is 2. The van der Waals surface area contributed by atoms with E-state index in [2.05, 4.69) is 43.0 Å². The SMILES string of the molecule is COc1nccc(N[C@@H](CCN(CCCCc2ccc3c(n2)NCCC3)CCNC(C)=O)C(=O)O)n1. The van der Waals surface area contributed by atoms with Crippen molar-refractivity contribution in [2.24, 2.45) is 0 Å². The average Bonchev–Trinajstić information content (AvgIpc) is 2.88. The van der Waals surface area contributed by atoms with Crippen LogP contribution in [0.15, 0.2) is 24.4 Å². The Balaban J connectivity index is 1.50. The number of aliphatic carboxylic acids is 1.